The molecule has 10 heteroatoms. The van der Waals surface area contributed by atoms with Gasteiger partial charge in [0.1, 0.15) is 5.82 Å². The Morgan fingerprint density at radius 2 is 1.95 bits per heavy atom. The Morgan fingerprint density at radius 1 is 1.24 bits per heavy atom. The van der Waals surface area contributed by atoms with Crippen LogP contribution in [0.2, 0.25) is 0 Å². The molecule has 2 amide bonds. The minimum absolute atomic E-state index is 0.218. The van der Waals surface area contributed by atoms with Crippen LogP contribution in [0.4, 0.5) is 20.0 Å². The fourth-order valence-corrected chi connectivity index (χ4v) is 2.69. The number of hydrogen-bond donors (Lipinski definition) is 2. The van der Waals surface area contributed by atoms with Crippen molar-refractivity contribution in [1.29, 1.82) is 0 Å². The first kappa shape index (κ1) is 15.2. The molecule has 7 nitrogen and oxygen atoms in total. The highest BCUT2D eigenvalue weighted by atomic mass is 32.2. The lowest BCUT2D eigenvalue weighted by molar-refractivity contribution is -0.301. The molecule has 0 saturated carbocycles. The number of aliphatic carboxylic acids is 1. The lowest BCUT2D eigenvalue weighted by Crippen LogP contribution is -2.24. The van der Waals surface area contributed by atoms with Crippen molar-refractivity contribution in [3.63, 3.8) is 0 Å². The maximum absolute atomic E-state index is 12.7. The number of urea groups is 1. The van der Waals surface area contributed by atoms with Crippen LogP contribution in [0.1, 0.15) is 0 Å². The van der Waals surface area contributed by atoms with Gasteiger partial charge in [0.25, 0.3) is 0 Å². The summed E-state index contributed by atoms with van der Waals surface area (Å²) in [5.41, 5.74) is 0.421. The van der Waals surface area contributed by atoms with Gasteiger partial charge in [-0.05, 0) is 24.3 Å². The molecule has 1 aromatic heterocycles. The number of nitrogens with one attached hydrogen (secondary N) is 2. The van der Waals surface area contributed by atoms with Crippen molar-refractivity contribution in [2.24, 2.45) is 0 Å². The van der Waals surface area contributed by atoms with Crippen molar-refractivity contribution >= 4 is 45.9 Å². The molecule has 110 valence electrons. The molecule has 1 heterocycles. The van der Waals surface area contributed by atoms with Gasteiger partial charge in [-0.2, -0.15) is 0 Å². The Morgan fingerprint density at radius 3 is 2.62 bits per heavy atom. The molecular weight excluding hydrogens is 319 g/mol. The number of carbonyl (C=O) groups excluding carboxylic acids is 2. The van der Waals surface area contributed by atoms with Gasteiger partial charge in [-0.3, -0.25) is 5.32 Å². The van der Waals surface area contributed by atoms with Crippen LogP contribution in [-0.4, -0.2) is 28.0 Å². The van der Waals surface area contributed by atoms with Gasteiger partial charge in [0.05, 0.1) is 5.97 Å². The molecule has 2 aromatic rings. The summed E-state index contributed by atoms with van der Waals surface area (Å²) in [7, 11) is 0. The first-order valence-corrected chi connectivity index (χ1v) is 7.33. The average molecular weight is 327 g/mol. The van der Waals surface area contributed by atoms with Crippen LogP contribution >= 0.6 is 23.1 Å². The first-order chi connectivity index (χ1) is 10.0. The second kappa shape index (κ2) is 6.99. The predicted molar refractivity (Wildman–Crippen MR) is 74.7 cm³/mol. The van der Waals surface area contributed by atoms with Crippen molar-refractivity contribution in [2.45, 2.75) is 4.34 Å². The van der Waals surface area contributed by atoms with E-state index < -0.39 is 17.8 Å². The quantitative estimate of drug-likeness (QED) is 0.630. The van der Waals surface area contributed by atoms with Gasteiger partial charge in [-0.1, -0.05) is 23.1 Å². The van der Waals surface area contributed by atoms with Gasteiger partial charge in [0, 0.05) is 11.4 Å². The van der Waals surface area contributed by atoms with Crippen LogP contribution in [0.3, 0.4) is 0 Å². The lowest BCUT2D eigenvalue weighted by Gasteiger charge is -2.04. The summed E-state index contributed by atoms with van der Waals surface area (Å²) in [6.07, 6.45) is 0. The zero-order valence-electron chi connectivity index (χ0n) is 10.3. The van der Waals surface area contributed by atoms with E-state index in [0.717, 1.165) is 23.1 Å². The van der Waals surface area contributed by atoms with Crippen LogP contribution in [0, 0.1) is 5.82 Å². The Bertz CT molecular complexity index is 647. The number of benzene rings is 1. The zero-order chi connectivity index (χ0) is 15.2. The van der Waals surface area contributed by atoms with E-state index in [9.17, 15) is 19.1 Å². The molecule has 0 saturated heterocycles. The molecule has 0 atom stereocenters. The number of carboxylic acid groups (broad SMARTS) is 1. The van der Waals surface area contributed by atoms with Gasteiger partial charge in [-0.15, -0.1) is 10.2 Å². The van der Waals surface area contributed by atoms with E-state index in [1.165, 1.54) is 24.3 Å². The zero-order valence-corrected chi connectivity index (χ0v) is 12.0. The van der Waals surface area contributed by atoms with Gasteiger partial charge in [-0.25, -0.2) is 9.18 Å². The first-order valence-electron chi connectivity index (χ1n) is 5.52. The number of aromatic nitrogens is 2. The third kappa shape index (κ3) is 5.00. The van der Waals surface area contributed by atoms with Crippen molar-refractivity contribution in [2.75, 3.05) is 16.4 Å². The van der Waals surface area contributed by atoms with Gasteiger partial charge >= 0.3 is 6.03 Å². The Kier molecular flexibility index (Phi) is 5.06. The van der Waals surface area contributed by atoms with Gasteiger partial charge in [0.2, 0.25) is 5.13 Å². The third-order valence-electron chi connectivity index (χ3n) is 2.04. The molecular formula is C11H8FN4O3S2-. The Balaban J connectivity index is 1.87. The largest absolute Gasteiger partial charge is 0.549 e. The molecule has 2 rings (SSSR count). The Hall–Kier alpha value is -2.20. The second-order valence-electron chi connectivity index (χ2n) is 3.62. The summed E-state index contributed by atoms with van der Waals surface area (Å²) in [6, 6.07) is 4.70. The maximum atomic E-state index is 12.7. The summed E-state index contributed by atoms with van der Waals surface area (Å²) < 4.78 is 13.1. The highest BCUT2D eigenvalue weighted by Gasteiger charge is 2.08. The smallest absolute Gasteiger partial charge is 0.325 e. The van der Waals surface area contributed by atoms with Crippen molar-refractivity contribution in [3.05, 3.63) is 30.1 Å². The van der Waals surface area contributed by atoms with E-state index in [2.05, 4.69) is 20.8 Å². The number of rotatable bonds is 5. The molecule has 0 fully saturated rings. The minimum Gasteiger partial charge on any atom is -0.549 e. The van der Waals surface area contributed by atoms with Crippen molar-refractivity contribution in [1.82, 2.24) is 10.2 Å². The van der Waals surface area contributed by atoms with Crippen LogP contribution < -0.4 is 15.7 Å². The van der Waals surface area contributed by atoms with Crippen LogP contribution in [0.5, 0.6) is 0 Å². The van der Waals surface area contributed by atoms with E-state index >= 15 is 0 Å². The monoisotopic (exact) mass is 327 g/mol. The summed E-state index contributed by atoms with van der Waals surface area (Å²) in [5.74, 6) is -1.85. The summed E-state index contributed by atoms with van der Waals surface area (Å²) in [4.78, 5) is 22.0. The molecule has 2 N–H and O–H groups in total. The molecule has 0 aliphatic rings. The van der Waals surface area contributed by atoms with Crippen LogP contribution in [-0.2, 0) is 4.79 Å². The number of hydrogen-bond acceptors (Lipinski definition) is 7. The van der Waals surface area contributed by atoms with Crippen LogP contribution in [0.25, 0.3) is 0 Å². The number of nitrogens with zero attached hydrogens (tertiary/aromatic N) is 2. The number of thioether (sulfide) groups is 1. The summed E-state index contributed by atoms with van der Waals surface area (Å²) in [6.45, 7) is 0. The Labute approximate surface area is 126 Å². The normalized spacial score (nSPS) is 10.1. The lowest BCUT2D eigenvalue weighted by atomic mass is 10.3. The fraction of sp³-hybridized carbons (Fsp3) is 0.0909. The number of carbonyl (C=O) groups is 2. The molecule has 0 spiro atoms. The average Bonchev–Trinajstić information content (AvgIpc) is 2.86. The number of carboxylic acids is 1. The fourth-order valence-electron chi connectivity index (χ4n) is 1.23. The molecule has 0 aliphatic carbocycles. The van der Waals surface area contributed by atoms with E-state index in [1.807, 2.05) is 0 Å². The summed E-state index contributed by atoms with van der Waals surface area (Å²) >= 11 is 1.99. The standard InChI is InChI=1S/C11H9FN4O3S2/c12-6-1-3-7(4-2-6)13-9(19)14-10-15-16-11(21-10)20-5-8(17)18/h1-4H,5H2,(H,17,18)(H2,13,14,15,19)/p-1. The maximum Gasteiger partial charge on any atom is 0.325 e. The van der Waals surface area contributed by atoms with Crippen LogP contribution in [0.15, 0.2) is 28.6 Å². The van der Waals surface area contributed by atoms with Crippen molar-refractivity contribution < 1.29 is 19.1 Å². The second-order valence-corrected chi connectivity index (χ2v) is 5.82. The molecule has 0 aliphatic heterocycles. The highest BCUT2D eigenvalue weighted by molar-refractivity contribution is 8.01. The minimum atomic E-state index is -1.21. The topological polar surface area (TPSA) is 107 Å². The van der Waals surface area contributed by atoms with E-state index in [1.54, 1.807) is 0 Å². The number of halogens is 1. The third-order valence-corrected chi connectivity index (χ3v) is 3.99. The molecule has 0 bridgehead atoms. The molecule has 0 unspecified atom stereocenters. The highest BCUT2D eigenvalue weighted by Crippen LogP contribution is 2.25. The molecule has 1 aromatic carbocycles. The molecule has 21 heavy (non-hydrogen) atoms. The SMILES string of the molecule is O=C([O-])CSc1nnc(NC(=O)Nc2ccc(F)cc2)s1. The molecule has 0 radical (unpaired) electrons. The van der Waals surface area contributed by atoms with E-state index in [-0.39, 0.29) is 10.9 Å². The van der Waals surface area contributed by atoms with E-state index in [4.69, 9.17) is 0 Å². The predicted octanol–water partition coefficient (Wildman–Crippen LogP) is 1.16. The van der Waals surface area contributed by atoms with Crippen molar-refractivity contribution in [3.8, 4) is 0 Å². The van der Waals surface area contributed by atoms with Gasteiger partial charge < -0.3 is 15.2 Å². The van der Waals surface area contributed by atoms with Gasteiger partial charge in [0.15, 0.2) is 4.34 Å². The number of anilines is 2. The van der Waals surface area contributed by atoms with E-state index in [0.29, 0.717) is 10.0 Å². The summed E-state index contributed by atoms with van der Waals surface area (Å²) in [5, 5.41) is 22.8. The number of amides is 2.